The quantitative estimate of drug-likeness (QED) is 0.590. The third-order valence-electron chi connectivity index (χ3n) is 3.03. The molecule has 0 atom stereocenters. The van der Waals surface area contributed by atoms with E-state index in [1.807, 2.05) is 0 Å². The van der Waals surface area contributed by atoms with Gasteiger partial charge in [0.05, 0.1) is 20.6 Å². The number of halogens is 6. The first kappa shape index (κ1) is 15.6. The van der Waals surface area contributed by atoms with Gasteiger partial charge in [-0.25, -0.2) is 0 Å². The van der Waals surface area contributed by atoms with Crippen molar-refractivity contribution < 1.29 is 26.3 Å². The molecule has 0 saturated heterocycles. The number of hydrogen-bond acceptors (Lipinski definition) is 0. The summed E-state index contributed by atoms with van der Waals surface area (Å²) < 4.78 is 77.3. The van der Waals surface area contributed by atoms with E-state index in [9.17, 15) is 26.3 Å². The van der Waals surface area contributed by atoms with Crippen molar-refractivity contribution in [1.82, 2.24) is 0 Å². The number of alkyl halides is 6. The average Bonchev–Trinajstić information content (AvgIpc) is 2.37. The zero-order valence-corrected chi connectivity index (χ0v) is 12.0. The predicted molar refractivity (Wildman–Crippen MR) is 70.7 cm³/mol. The zero-order valence-electron chi connectivity index (χ0n) is 10.6. The zero-order chi connectivity index (χ0) is 15.7. The Labute approximate surface area is 119 Å². The van der Waals surface area contributed by atoms with Gasteiger partial charge in [-0.1, -0.05) is 48.5 Å². The summed E-state index contributed by atoms with van der Waals surface area (Å²) in [6.45, 7) is 0. The van der Waals surface area contributed by atoms with Gasteiger partial charge in [0, 0.05) is 0 Å². The summed E-state index contributed by atoms with van der Waals surface area (Å²) in [6, 6.07) is 9.59. The lowest BCUT2D eigenvalue weighted by Gasteiger charge is -2.15. The molecule has 0 N–H and O–H groups in total. The normalized spacial score (nSPS) is 12.5. The van der Waals surface area contributed by atoms with Crippen molar-refractivity contribution in [2.45, 2.75) is 12.4 Å². The summed E-state index contributed by atoms with van der Waals surface area (Å²) >= 11 is 0. The summed E-state index contributed by atoms with van der Waals surface area (Å²) in [5.74, 6) is 0. The molecular weight excluding hydrogens is 310 g/mol. The van der Waals surface area contributed by atoms with E-state index in [1.165, 1.54) is 36.4 Å². The summed E-state index contributed by atoms with van der Waals surface area (Å²) in [5, 5.41) is -0.0802. The molecule has 2 aromatic carbocycles. The van der Waals surface area contributed by atoms with Gasteiger partial charge >= 0.3 is 12.4 Å². The molecule has 2 aromatic rings. The summed E-state index contributed by atoms with van der Waals surface area (Å²) in [4.78, 5) is 0. The van der Waals surface area contributed by atoms with Crippen LogP contribution in [0.4, 0.5) is 26.3 Å². The number of benzene rings is 2. The van der Waals surface area contributed by atoms with Gasteiger partial charge in [0.25, 0.3) is 0 Å². The van der Waals surface area contributed by atoms with Gasteiger partial charge in [-0.05, 0) is 10.4 Å². The largest absolute Gasteiger partial charge is 0.416 e. The highest BCUT2D eigenvalue weighted by atomic mass is 28.2. The van der Waals surface area contributed by atoms with Crippen LogP contribution >= 0.6 is 0 Å². The van der Waals surface area contributed by atoms with Crippen LogP contribution in [0.2, 0.25) is 0 Å². The van der Waals surface area contributed by atoms with E-state index >= 15 is 0 Å². The van der Waals surface area contributed by atoms with Crippen LogP contribution in [0, 0.1) is 0 Å². The maximum Gasteiger partial charge on any atom is 0.416 e. The van der Waals surface area contributed by atoms with Gasteiger partial charge in [-0.3, -0.25) is 0 Å². The number of hydrogen-bond donors (Lipinski definition) is 0. The van der Waals surface area contributed by atoms with E-state index in [1.54, 1.807) is 0 Å². The fourth-order valence-corrected chi connectivity index (χ4v) is 4.04. The molecule has 0 spiro atoms. The standard InChI is InChI=1S/C14H10F6Si/c15-13(16,17)9-5-1-3-7-11(9)21-12-8-4-2-6-10(12)14(18,19)20/h1-8H,21H2. The summed E-state index contributed by atoms with van der Waals surface area (Å²) in [7, 11) is -1.89. The molecule has 0 heterocycles. The molecule has 0 nitrogen and oxygen atoms in total. The topological polar surface area (TPSA) is 0 Å². The van der Waals surface area contributed by atoms with Gasteiger partial charge < -0.3 is 0 Å². The van der Waals surface area contributed by atoms with Crippen LogP contribution in [-0.2, 0) is 12.4 Å². The van der Waals surface area contributed by atoms with Crippen LogP contribution in [0.25, 0.3) is 0 Å². The lowest BCUT2D eigenvalue weighted by atomic mass is 10.2. The molecule has 0 aliphatic carbocycles. The van der Waals surface area contributed by atoms with Crippen LogP contribution in [0.15, 0.2) is 48.5 Å². The lowest BCUT2D eigenvalue weighted by molar-refractivity contribution is -0.137. The Morgan fingerprint density at radius 1 is 0.571 bits per heavy atom. The average molecular weight is 320 g/mol. The van der Waals surface area contributed by atoms with Gasteiger partial charge in [-0.15, -0.1) is 0 Å². The molecule has 0 fully saturated rings. The smallest absolute Gasteiger partial charge is 0.166 e. The molecular formula is C14H10F6Si. The molecule has 0 unspecified atom stereocenters. The van der Waals surface area contributed by atoms with E-state index in [0.29, 0.717) is 0 Å². The van der Waals surface area contributed by atoms with Crippen LogP contribution in [0.3, 0.4) is 0 Å². The van der Waals surface area contributed by atoms with Crippen molar-refractivity contribution >= 4 is 19.9 Å². The minimum Gasteiger partial charge on any atom is -0.166 e. The van der Waals surface area contributed by atoms with Gasteiger partial charge in [0.15, 0.2) is 0 Å². The monoisotopic (exact) mass is 320 g/mol. The van der Waals surface area contributed by atoms with Crippen molar-refractivity contribution in [3.8, 4) is 0 Å². The Morgan fingerprint density at radius 2 is 0.905 bits per heavy atom. The Bertz CT molecular complexity index is 574. The van der Waals surface area contributed by atoms with E-state index in [0.717, 1.165) is 12.1 Å². The highest BCUT2D eigenvalue weighted by Crippen LogP contribution is 2.29. The van der Waals surface area contributed by atoms with Crippen molar-refractivity contribution in [3.05, 3.63) is 59.7 Å². The van der Waals surface area contributed by atoms with Crippen molar-refractivity contribution in [1.29, 1.82) is 0 Å². The molecule has 0 amide bonds. The molecule has 0 radical (unpaired) electrons. The molecule has 0 aromatic heterocycles. The minimum absolute atomic E-state index is 0.0401. The summed E-state index contributed by atoms with van der Waals surface area (Å²) in [6.07, 6.45) is -9.12. The van der Waals surface area contributed by atoms with Crippen molar-refractivity contribution in [3.63, 3.8) is 0 Å². The Hall–Kier alpha value is -1.76. The summed E-state index contributed by atoms with van der Waals surface area (Å²) in [5.41, 5.74) is -1.71. The van der Waals surface area contributed by atoms with Crippen LogP contribution in [-0.4, -0.2) is 9.52 Å². The highest BCUT2D eigenvalue weighted by molar-refractivity contribution is 6.68. The second-order valence-electron chi connectivity index (χ2n) is 4.49. The molecule has 2 rings (SSSR count). The molecule has 7 heteroatoms. The molecule has 112 valence electrons. The third-order valence-corrected chi connectivity index (χ3v) is 5.02. The molecule has 0 aliphatic heterocycles. The van der Waals surface area contributed by atoms with Gasteiger partial charge in [0.2, 0.25) is 0 Å². The second kappa shape index (κ2) is 5.55. The van der Waals surface area contributed by atoms with Crippen LogP contribution < -0.4 is 10.4 Å². The fourth-order valence-electron chi connectivity index (χ4n) is 2.11. The van der Waals surface area contributed by atoms with E-state index < -0.39 is 33.0 Å². The predicted octanol–water partition coefficient (Wildman–Crippen LogP) is 2.84. The van der Waals surface area contributed by atoms with Crippen molar-refractivity contribution in [2.24, 2.45) is 0 Å². The molecule has 0 aliphatic rings. The first-order valence-electron chi connectivity index (χ1n) is 6.00. The van der Waals surface area contributed by atoms with Crippen LogP contribution in [0.1, 0.15) is 11.1 Å². The third kappa shape index (κ3) is 3.66. The molecule has 21 heavy (non-hydrogen) atoms. The Kier molecular flexibility index (Phi) is 4.13. The highest BCUT2D eigenvalue weighted by Gasteiger charge is 2.35. The Balaban J connectivity index is 2.45. The molecule has 0 bridgehead atoms. The van der Waals surface area contributed by atoms with Gasteiger partial charge in [0.1, 0.15) is 0 Å². The Morgan fingerprint density at radius 3 is 1.24 bits per heavy atom. The maximum absolute atomic E-state index is 12.9. The van der Waals surface area contributed by atoms with Crippen LogP contribution in [0.5, 0.6) is 0 Å². The first-order chi connectivity index (χ1) is 9.69. The minimum atomic E-state index is -4.56. The van der Waals surface area contributed by atoms with E-state index in [2.05, 4.69) is 0 Å². The van der Waals surface area contributed by atoms with Crippen molar-refractivity contribution in [2.75, 3.05) is 0 Å². The number of rotatable bonds is 2. The van der Waals surface area contributed by atoms with Gasteiger partial charge in [-0.2, -0.15) is 26.3 Å². The second-order valence-corrected chi connectivity index (χ2v) is 6.36. The van der Waals surface area contributed by atoms with E-state index in [-0.39, 0.29) is 10.4 Å². The SMILES string of the molecule is FC(F)(F)c1ccccc1[SiH2]c1ccccc1C(F)(F)F. The lowest BCUT2D eigenvalue weighted by Crippen LogP contribution is -2.36. The van der Waals surface area contributed by atoms with E-state index in [4.69, 9.17) is 0 Å². The maximum atomic E-state index is 12.9. The fraction of sp³-hybridized carbons (Fsp3) is 0.143. The molecule has 0 saturated carbocycles. The first-order valence-corrected chi connectivity index (χ1v) is 7.41.